The van der Waals surface area contributed by atoms with Crippen molar-refractivity contribution in [3.8, 4) is 0 Å². The summed E-state index contributed by atoms with van der Waals surface area (Å²) in [6.45, 7) is 9.37. The van der Waals surface area contributed by atoms with E-state index in [0.717, 1.165) is 17.2 Å². The van der Waals surface area contributed by atoms with Crippen LogP contribution in [0.5, 0.6) is 0 Å². The molecule has 0 amide bonds. The van der Waals surface area contributed by atoms with Crippen molar-refractivity contribution < 1.29 is 23.6 Å². The molecule has 26 heavy (non-hydrogen) atoms. The van der Waals surface area contributed by atoms with Gasteiger partial charge in [0.25, 0.3) is 0 Å². The fraction of sp³-hybridized carbons (Fsp3) is 0.500. The van der Waals surface area contributed by atoms with Crippen molar-refractivity contribution in [1.29, 1.82) is 0 Å². The second kappa shape index (κ2) is 7.94. The maximum absolute atomic E-state index is 12.0. The van der Waals surface area contributed by atoms with Crippen molar-refractivity contribution in [3.05, 3.63) is 35.1 Å². The van der Waals surface area contributed by atoms with Gasteiger partial charge in [-0.2, -0.15) is 0 Å². The fourth-order valence-electron chi connectivity index (χ4n) is 2.36. The molecular formula is C18H24BNO5S. The first-order chi connectivity index (χ1) is 12.1. The zero-order valence-corrected chi connectivity index (χ0v) is 16.8. The molecule has 0 N–H and O–H groups in total. The van der Waals surface area contributed by atoms with Crippen molar-refractivity contribution in [2.24, 2.45) is 0 Å². The van der Waals surface area contributed by atoms with E-state index in [0.29, 0.717) is 11.3 Å². The molecule has 2 rings (SSSR count). The van der Waals surface area contributed by atoms with E-state index in [-0.39, 0.29) is 10.8 Å². The largest absolute Gasteiger partial charge is 0.491 e. The monoisotopic (exact) mass is 377 g/mol. The van der Waals surface area contributed by atoms with Crippen LogP contribution in [-0.2, 0) is 18.8 Å². The van der Waals surface area contributed by atoms with Crippen LogP contribution in [0.25, 0.3) is 6.08 Å². The molecule has 0 radical (unpaired) electrons. The SMILES string of the molecule is COC(=O)c1ncccc1C=C(CSC(C)=O)B1OC(C)(C)C(C)(C)O1. The predicted molar refractivity (Wildman–Crippen MR) is 103 cm³/mol. The van der Waals surface area contributed by atoms with Gasteiger partial charge in [-0.3, -0.25) is 4.79 Å². The molecule has 1 fully saturated rings. The lowest BCUT2D eigenvalue weighted by Crippen LogP contribution is -2.41. The van der Waals surface area contributed by atoms with Crippen molar-refractivity contribution >= 4 is 36.0 Å². The zero-order valence-electron chi connectivity index (χ0n) is 16.0. The van der Waals surface area contributed by atoms with Crippen LogP contribution in [-0.4, -0.2) is 47.3 Å². The van der Waals surface area contributed by atoms with Gasteiger partial charge < -0.3 is 14.0 Å². The lowest BCUT2D eigenvalue weighted by atomic mass is 9.78. The maximum Gasteiger partial charge on any atom is 0.491 e. The highest BCUT2D eigenvalue weighted by atomic mass is 32.2. The molecule has 1 aromatic rings. The number of thioether (sulfide) groups is 1. The fourth-order valence-corrected chi connectivity index (χ4v) is 2.95. The Bertz CT molecular complexity index is 716. The first-order valence-corrected chi connectivity index (χ1v) is 9.29. The van der Waals surface area contributed by atoms with Crippen LogP contribution in [0.3, 0.4) is 0 Å². The molecule has 2 heterocycles. The number of pyridine rings is 1. The number of carbonyl (C=O) groups excluding carboxylic acids is 2. The molecule has 0 saturated carbocycles. The lowest BCUT2D eigenvalue weighted by molar-refractivity contribution is -0.109. The van der Waals surface area contributed by atoms with Gasteiger partial charge in [0.05, 0.1) is 18.3 Å². The number of carbonyl (C=O) groups is 2. The van der Waals surface area contributed by atoms with E-state index < -0.39 is 24.3 Å². The maximum atomic E-state index is 12.0. The molecule has 1 saturated heterocycles. The lowest BCUT2D eigenvalue weighted by Gasteiger charge is -2.32. The number of aromatic nitrogens is 1. The summed E-state index contributed by atoms with van der Waals surface area (Å²) in [6.07, 6.45) is 3.32. The number of hydrogen-bond acceptors (Lipinski definition) is 7. The van der Waals surface area contributed by atoms with Crippen LogP contribution >= 0.6 is 11.8 Å². The average molecular weight is 377 g/mol. The molecule has 0 bridgehead atoms. The Hall–Kier alpha value is -1.64. The summed E-state index contributed by atoms with van der Waals surface area (Å²) in [5.74, 6) is -0.133. The quantitative estimate of drug-likeness (QED) is 0.576. The van der Waals surface area contributed by atoms with Crippen molar-refractivity contribution in [3.63, 3.8) is 0 Å². The van der Waals surface area contributed by atoms with Crippen LogP contribution < -0.4 is 0 Å². The molecule has 140 valence electrons. The Kier molecular flexibility index (Phi) is 6.31. The third-order valence-electron chi connectivity index (χ3n) is 4.56. The highest BCUT2D eigenvalue weighted by Gasteiger charge is 2.52. The summed E-state index contributed by atoms with van der Waals surface area (Å²) in [6, 6.07) is 3.50. The van der Waals surface area contributed by atoms with E-state index in [2.05, 4.69) is 4.98 Å². The van der Waals surface area contributed by atoms with Crippen molar-refractivity contribution in [1.82, 2.24) is 4.98 Å². The third-order valence-corrected chi connectivity index (χ3v) is 5.44. The Balaban J connectivity index is 2.42. The number of hydrogen-bond donors (Lipinski definition) is 0. The molecule has 0 aromatic carbocycles. The average Bonchev–Trinajstić information content (AvgIpc) is 2.78. The first-order valence-electron chi connectivity index (χ1n) is 8.30. The van der Waals surface area contributed by atoms with Crippen LogP contribution in [0.2, 0.25) is 0 Å². The van der Waals surface area contributed by atoms with Crippen molar-refractivity contribution in [2.75, 3.05) is 12.9 Å². The van der Waals surface area contributed by atoms with E-state index in [9.17, 15) is 9.59 Å². The third kappa shape index (κ3) is 4.55. The van der Waals surface area contributed by atoms with Crippen LogP contribution in [0.1, 0.15) is 50.7 Å². The standard InChI is InChI=1S/C18H24BNO5S/c1-12(21)26-11-14(19-24-17(2,3)18(4,5)25-19)10-13-8-7-9-20-15(13)16(22)23-6/h7-10H,11H2,1-6H3. The van der Waals surface area contributed by atoms with Crippen LogP contribution in [0.15, 0.2) is 23.8 Å². The molecule has 0 aliphatic carbocycles. The van der Waals surface area contributed by atoms with Gasteiger partial charge in [-0.05, 0) is 39.2 Å². The highest BCUT2D eigenvalue weighted by molar-refractivity contribution is 8.13. The van der Waals surface area contributed by atoms with E-state index >= 15 is 0 Å². The summed E-state index contributed by atoms with van der Waals surface area (Å²) in [4.78, 5) is 27.5. The van der Waals surface area contributed by atoms with Gasteiger partial charge in [0.2, 0.25) is 0 Å². The van der Waals surface area contributed by atoms with Gasteiger partial charge >= 0.3 is 13.1 Å². The van der Waals surface area contributed by atoms with Gasteiger partial charge in [-0.1, -0.05) is 23.9 Å². The minimum atomic E-state index is -0.613. The molecule has 0 atom stereocenters. The Morgan fingerprint density at radius 3 is 2.42 bits per heavy atom. The zero-order chi connectivity index (χ0) is 19.5. The van der Waals surface area contributed by atoms with Gasteiger partial charge in [-0.25, -0.2) is 9.78 Å². The Labute approximate surface area is 158 Å². The van der Waals surface area contributed by atoms with E-state index in [1.807, 2.05) is 27.7 Å². The minimum absolute atomic E-state index is 0.00760. The van der Waals surface area contributed by atoms with E-state index in [1.165, 1.54) is 20.2 Å². The summed E-state index contributed by atoms with van der Waals surface area (Å²) in [5, 5.41) is -0.00760. The molecule has 6 nitrogen and oxygen atoms in total. The first kappa shape index (κ1) is 20.7. The second-order valence-corrected chi connectivity index (χ2v) is 8.17. The molecular weight excluding hydrogens is 353 g/mol. The molecule has 8 heteroatoms. The van der Waals surface area contributed by atoms with E-state index in [1.54, 1.807) is 18.2 Å². The summed E-state index contributed by atoms with van der Waals surface area (Å²) < 4.78 is 17.0. The van der Waals surface area contributed by atoms with Crippen LogP contribution in [0, 0.1) is 0 Å². The molecule has 0 spiro atoms. The normalized spacial score (nSPS) is 18.7. The van der Waals surface area contributed by atoms with Crippen molar-refractivity contribution in [2.45, 2.75) is 45.8 Å². The summed E-state index contributed by atoms with van der Waals surface area (Å²) >= 11 is 1.16. The number of ether oxygens (including phenoxy) is 1. The number of rotatable bonds is 5. The Morgan fingerprint density at radius 1 is 1.27 bits per heavy atom. The summed E-state index contributed by atoms with van der Waals surface area (Å²) in [7, 11) is 0.697. The number of nitrogens with zero attached hydrogens (tertiary/aromatic N) is 1. The highest BCUT2D eigenvalue weighted by Crippen LogP contribution is 2.39. The molecule has 1 aliphatic rings. The number of methoxy groups -OCH3 is 1. The minimum Gasteiger partial charge on any atom is -0.464 e. The second-order valence-electron chi connectivity index (χ2n) is 7.02. The molecule has 1 aliphatic heterocycles. The molecule has 0 unspecified atom stereocenters. The van der Waals surface area contributed by atoms with Gasteiger partial charge in [0.1, 0.15) is 0 Å². The predicted octanol–water partition coefficient (Wildman–Crippen LogP) is 3.16. The topological polar surface area (TPSA) is 74.7 Å². The summed E-state index contributed by atoms with van der Waals surface area (Å²) in [5.41, 5.74) is 0.544. The van der Waals surface area contributed by atoms with Crippen LogP contribution in [0.4, 0.5) is 0 Å². The number of esters is 1. The van der Waals surface area contributed by atoms with E-state index in [4.69, 9.17) is 14.0 Å². The van der Waals surface area contributed by atoms with Gasteiger partial charge in [0, 0.05) is 24.4 Å². The van der Waals surface area contributed by atoms with Gasteiger partial charge in [-0.15, -0.1) is 0 Å². The Morgan fingerprint density at radius 2 is 1.88 bits per heavy atom. The smallest absolute Gasteiger partial charge is 0.464 e. The van der Waals surface area contributed by atoms with Gasteiger partial charge in [0.15, 0.2) is 10.8 Å². The molecule has 1 aromatic heterocycles.